The van der Waals surface area contributed by atoms with Gasteiger partial charge in [-0.05, 0) is 71.4 Å². The highest BCUT2D eigenvalue weighted by atomic mass is 79.9. The molecule has 0 fully saturated rings. The van der Waals surface area contributed by atoms with E-state index in [-0.39, 0.29) is 17.4 Å². The van der Waals surface area contributed by atoms with E-state index in [4.69, 9.17) is 25.8 Å². The maximum atomic E-state index is 13.6. The minimum absolute atomic E-state index is 0.0289. The molecule has 0 saturated carbocycles. The number of carbonyl (C=O) groups excluding carboxylic acids is 1. The third-order valence-electron chi connectivity index (χ3n) is 5.01. The largest absolute Gasteiger partial charge is 0.492 e. The Morgan fingerprint density at radius 1 is 1.17 bits per heavy atom. The number of benzene rings is 3. The topological polar surface area (TPSA) is 107 Å². The summed E-state index contributed by atoms with van der Waals surface area (Å²) in [6.07, 6.45) is 1.41. The van der Waals surface area contributed by atoms with E-state index in [1.165, 1.54) is 30.5 Å². The summed E-state index contributed by atoms with van der Waals surface area (Å²) in [6, 6.07) is 15.7. The van der Waals surface area contributed by atoms with E-state index in [2.05, 4.69) is 26.5 Å². The van der Waals surface area contributed by atoms with E-state index in [0.29, 0.717) is 38.9 Å². The quantitative estimate of drug-likeness (QED) is 0.287. The Balaban J connectivity index is 1.59. The number of rotatable bonds is 9. The Labute approximate surface area is 221 Å². The fourth-order valence-electron chi connectivity index (χ4n) is 3.35. The maximum Gasteiger partial charge on any atom is 0.264 e. The predicted octanol–water partition coefficient (Wildman–Crippen LogP) is 4.58. The van der Waals surface area contributed by atoms with Gasteiger partial charge in [0, 0.05) is 15.1 Å². The number of para-hydroxylation sites is 2. The Kier molecular flexibility index (Phi) is 8.02. The van der Waals surface area contributed by atoms with Crippen LogP contribution in [0, 0.1) is 0 Å². The van der Waals surface area contributed by atoms with Gasteiger partial charge in [0.15, 0.2) is 11.5 Å². The molecule has 1 N–H and O–H groups in total. The zero-order valence-corrected chi connectivity index (χ0v) is 22.1. The SMILES string of the molecule is CCOc1ccccc1N(CC(=O)N/N=C\c1cc2c(cc1Br)OCO2)S(=O)(=O)c1ccc(Cl)cc1. The van der Waals surface area contributed by atoms with Crippen LogP contribution in [0.25, 0.3) is 0 Å². The molecule has 1 aliphatic heterocycles. The molecule has 3 aromatic rings. The fraction of sp³-hybridized carbons (Fsp3) is 0.167. The molecule has 0 radical (unpaired) electrons. The van der Waals surface area contributed by atoms with Crippen LogP contribution in [-0.2, 0) is 14.8 Å². The van der Waals surface area contributed by atoms with Gasteiger partial charge < -0.3 is 14.2 Å². The molecule has 3 aromatic carbocycles. The minimum atomic E-state index is -4.15. The third-order valence-corrected chi connectivity index (χ3v) is 7.72. The van der Waals surface area contributed by atoms with Gasteiger partial charge in [-0.3, -0.25) is 9.10 Å². The molecule has 1 amide bonds. The maximum absolute atomic E-state index is 13.6. The van der Waals surface area contributed by atoms with Gasteiger partial charge in [-0.15, -0.1) is 0 Å². The highest BCUT2D eigenvalue weighted by molar-refractivity contribution is 9.10. The normalized spacial score (nSPS) is 12.5. The van der Waals surface area contributed by atoms with Gasteiger partial charge in [0.2, 0.25) is 6.79 Å². The van der Waals surface area contributed by atoms with Crippen LogP contribution in [-0.4, -0.2) is 40.5 Å². The molecule has 1 aliphatic rings. The summed E-state index contributed by atoms with van der Waals surface area (Å²) in [5, 5.41) is 4.36. The van der Waals surface area contributed by atoms with Crippen molar-refractivity contribution < 1.29 is 27.4 Å². The molecule has 188 valence electrons. The highest BCUT2D eigenvalue weighted by Crippen LogP contribution is 2.36. The summed E-state index contributed by atoms with van der Waals surface area (Å²) >= 11 is 9.35. The predicted molar refractivity (Wildman–Crippen MR) is 140 cm³/mol. The van der Waals surface area contributed by atoms with Crippen molar-refractivity contribution in [2.45, 2.75) is 11.8 Å². The summed E-state index contributed by atoms with van der Waals surface area (Å²) in [5.74, 6) is 0.808. The lowest BCUT2D eigenvalue weighted by molar-refractivity contribution is -0.119. The molecule has 1 heterocycles. The summed E-state index contributed by atoms with van der Waals surface area (Å²) in [6.45, 7) is 1.67. The Hall–Kier alpha value is -3.28. The lowest BCUT2D eigenvalue weighted by Crippen LogP contribution is -2.39. The Morgan fingerprint density at radius 2 is 1.86 bits per heavy atom. The molecule has 0 atom stereocenters. The van der Waals surface area contributed by atoms with Gasteiger partial charge in [0.25, 0.3) is 15.9 Å². The number of ether oxygens (including phenoxy) is 3. The molecule has 0 bridgehead atoms. The number of carbonyl (C=O) groups is 1. The van der Waals surface area contributed by atoms with Gasteiger partial charge >= 0.3 is 0 Å². The lowest BCUT2D eigenvalue weighted by Gasteiger charge is -2.25. The van der Waals surface area contributed by atoms with Gasteiger partial charge in [0.1, 0.15) is 12.3 Å². The average Bonchev–Trinajstić information content (AvgIpc) is 3.30. The fourth-order valence-corrected chi connectivity index (χ4v) is 5.33. The van der Waals surface area contributed by atoms with Gasteiger partial charge in [-0.2, -0.15) is 5.10 Å². The minimum Gasteiger partial charge on any atom is -0.492 e. The number of hydrogen-bond acceptors (Lipinski definition) is 7. The number of sulfonamides is 1. The second kappa shape index (κ2) is 11.2. The van der Waals surface area contributed by atoms with Crippen molar-refractivity contribution in [3.63, 3.8) is 0 Å². The van der Waals surface area contributed by atoms with Crippen LogP contribution in [0.4, 0.5) is 5.69 Å². The molecule has 36 heavy (non-hydrogen) atoms. The van der Waals surface area contributed by atoms with E-state index >= 15 is 0 Å². The van der Waals surface area contributed by atoms with Gasteiger partial charge in [0.05, 0.1) is 23.4 Å². The standard InChI is InChI=1S/C24H21BrClN3O6S/c1-2-33-21-6-4-3-5-20(21)29(36(31,32)18-9-7-17(26)8-10-18)14-24(30)28-27-13-16-11-22-23(12-19(16)25)35-15-34-22/h3-13H,2,14-15H2,1H3,(H,28,30)/b27-13-. The lowest BCUT2D eigenvalue weighted by atomic mass is 10.2. The number of hydrogen-bond donors (Lipinski definition) is 1. The first kappa shape index (κ1) is 25.8. The number of fused-ring (bicyclic) bond motifs is 1. The van der Waals surface area contributed by atoms with Crippen LogP contribution in [0.2, 0.25) is 5.02 Å². The molecular weight excluding hydrogens is 574 g/mol. The highest BCUT2D eigenvalue weighted by Gasteiger charge is 2.29. The van der Waals surface area contributed by atoms with E-state index < -0.39 is 22.5 Å². The van der Waals surface area contributed by atoms with Crippen LogP contribution in [0.1, 0.15) is 12.5 Å². The van der Waals surface area contributed by atoms with Crippen molar-refractivity contribution in [3.8, 4) is 17.2 Å². The van der Waals surface area contributed by atoms with Crippen molar-refractivity contribution in [3.05, 3.63) is 75.7 Å². The molecule has 4 rings (SSSR count). The molecule has 0 unspecified atom stereocenters. The van der Waals surface area contributed by atoms with Crippen molar-refractivity contribution in [1.82, 2.24) is 5.43 Å². The van der Waals surface area contributed by atoms with Crippen LogP contribution in [0.5, 0.6) is 17.2 Å². The second-order valence-corrected chi connectivity index (χ2v) is 10.5. The number of halogens is 2. The number of nitrogens with zero attached hydrogens (tertiary/aromatic N) is 2. The van der Waals surface area contributed by atoms with E-state index in [1.54, 1.807) is 43.3 Å². The van der Waals surface area contributed by atoms with Crippen LogP contribution >= 0.6 is 27.5 Å². The molecule has 0 aromatic heterocycles. The summed E-state index contributed by atoms with van der Waals surface area (Å²) in [5.41, 5.74) is 3.23. The second-order valence-electron chi connectivity index (χ2n) is 7.39. The molecule has 0 spiro atoms. The monoisotopic (exact) mass is 593 g/mol. The summed E-state index contributed by atoms with van der Waals surface area (Å²) < 4.78 is 45.1. The van der Waals surface area contributed by atoms with E-state index in [0.717, 1.165) is 4.31 Å². The summed E-state index contributed by atoms with van der Waals surface area (Å²) in [7, 11) is -4.15. The smallest absolute Gasteiger partial charge is 0.264 e. The molecular formula is C24H21BrClN3O6S. The first-order valence-electron chi connectivity index (χ1n) is 10.7. The number of nitrogens with one attached hydrogen (secondary N) is 1. The Bertz CT molecular complexity index is 1400. The molecule has 12 heteroatoms. The number of hydrazone groups is 1. The zero-order chi connectivity index (χ0) is 25.7. The third kappa shape index (κ3) is 5.75. The van der Waals surface area contributed by atoms with Crippen LogP contribution < -0.4 is 23.9 Å². The average molecular weight is 595 g/mol. The number of anilines is 1. The molecule has 9 nitrogen and oxygen atoms in total. The summed E-state index contributed by atoms with van der Waals surface area (Å²) in [4.78, 5) is 12.8. The number of amides is 1. The van der Waals surface area contributed by atoms with Crippen LogP contribution in [0.3, 0.4) is 0 Å². The van der Waals surface area contributed by atoms with E-state index in [9.17, 15) is 13.2 Å². The van der Waals surface area contributed by atoms with E-state index in [1.807, 2.05) is 0 Å². The van der Waals surface area contributed by atoms with Crippen molar-refractivity contribution in [1.29, 1.82) is 0 Å². The molecule has 0 aliphatic carbocycles. The first-order chi connectivity index (χ1) is 17.3. The first-order valence-corrected chi connectivity index (χ1v) is 13.3. The molecule has 0 saturated heterocycles. The zero-order valence-electron chi connectivity index (χ0n) is 19.0. The van der Waals surface area contributed by atoms with Crippen molar-refractivity contribution >= 4 is 55.4 Å². The van der Waals surface area contributed by atoms with Crippen LogP contribution in [0.15, 0.2) is 75.1 Å². The Morgan fingerprint density at radius 3 is 2.58 bits per heavy atom. The van der Waals surface area contributed by atoms with Crippen molar-refractivity contribution in [2.24, 2.45) is 5.10 Å². The van der Waals surface area contributed by atoms with Crippen molar-refractivity contribution in [2.75, 3.05) is 24.2 Å². The van der Waals surface area contributed by atoms with Gasteiger partial charge in [-0.1, -0.05) is 23.7 Å². The van der Waals surface area contributed by atoms with Gasteiger partial charge in [-0.25, -0.2) is 13.8 Å².